The Morgan fingerprint density at radius 3 is 2.20 bits per heavy atom. The van der Waals surface area contributed by atoms with E-state index in [4.69, 9.17) is 11.6 Å². The fourth-order valence-electron chi connectivity index (χ4n) is 2.10. The van der Waals surface area contributed by atoms with Crippen LogP contribution in [0.2, 0.25) is 0 Å². The van der Waals surface area contributed by atoms with E-state index >= 15 is 0 Å². The molecule has 1 N–H and O–H groups in total. The molecule has 0 atom stereocenters. The quantitative estimate of drug-likeness (QED) is 0.466. The zero-order valence-electron chi connectivity index (χ0n) is 10.1. The fourth-order valence-corrected chi connectivity index (χ4v) is 2.53. The molecule has 0 unspecified atom stereocenters. The van der Waals surface area contributed by atoms with E-state index in [1.807, 2.05) is 0 Å². The third kappa shape index (κ3) is 6.42. The summed E-state index contributed by atoms with van der Waals surface area (Å²) in [5.74, 6) is 0. The minimum Gasteiger partial charge on any atom is -0.314 e. The van der Waals surface area contributed by atoms with E-state index in [1.54, 1.807) is 0 Å². The van der Waals surface area contributed by atoms with Gasteiger partial charge in [-0.1, -0.05) is 45.4 Å². The number of hydrogen-bond donors (Lipinski definition) is 1. The van der Waals surface area contributed by atoms with Gasteiger partial charge in [-0.25, -0.2) is 0 Å². The van der Waals surface area contributed by atoms with Crippen LogP contribution in [-0.2, 0) is 0 Å². The summed E-state index contributed by atoms with van der Waals surface area (Å²) in [4.78, 5) is 0. The van der Waals surface area contributed by atoms with Gasteiger partial charge < -0.3 is 5.32 Å². The molecule has 15 heavy (non-hydrogen) atoms. The smallest absolute Gasteiger partial charge is 0.0365 e. The lowest BCUT2D eigenvalue weighted by Gasteiger charge is -2.31. The average molecular weight is 232 g/mol. The topological polar surface area (TPSA) is 12.0 Å². The molecule has 0 bridgehead atoms. The lowest BCUT2D eigenvalue weighted by molar-refractivity contribution is 0.343. The molecule has 2 heteroatoms. The number of halogens is 1. The molecule has 1 nitrogen and oxygen atoms in total. The largest absolute Gasteiger partial charge is 0.314 e. The van der Waals surface area contributed by atoms with Crippen molar-refractivity contribution < 1.29 is 0 Å². The Morgan fingerprint density at radius 2 is 1.60 bits per heavy atom. The maximum Gasteiger partial charge on any atom is 0.0365 e. The Bertz CT molecular complexity index is 143. The van der Waals surface area contributed by atoms with Crippen molar-refractivity contribution in [2.75, 3.05) is 6.54 Å². The van der Waals surface area contributed by atoms with E-state index < -0.39 is 0 Å². The molecule has 0 heterocycles. The molecule has 1 aliphatic rings. The molecule has 0 aromatic carbocycles. The first-order valence-corrected chi connectivity index (χ1v) is 7.14. The number of alkyl halides is 1. The summed E-state index contributed by atoms with van der Waals surface area (Å²) in [6.07, 6.45) is 12.1. The van der Waals surface area contributed by atoms with Gasteiger partial charge in [-0.05, 0) is 25.8 Å². The zero-order valence-corrected chi connectivity index (χ0v) is 10.9. The Morgan fingerprint density at radius 1 is 1.00 bits per heavy atom. The summed E-state index contributed by atoms with van der Waals surface area (Å²) < 4.78 is 0. The molecule has 0 amide bonds. The molecule has 0 spiro atoms. The molecule has 0 saturated heterocycles. The average Bonchev–Trinajstić information content (AvgIpc) is 2.19. The van der Waals surface area contributed by atoms with Gasteiger partial charge in [-0.15, -0.1) is 11.6 Å². The lowest BCUT2D eigenvalue weighted by atomic mass is 9.92. The van der Waals surface area contributed by atoms with Crippen molar-refractivity contribution in [3.05, 3.63) is 0 Å². The van der Waals surface area contributed by atoms with Crippen molar-refractivity contribution in [3.63, 3.8) is 0 Å². The van der Waals surface area contributed by atoms with Gasteiger partial charge >= 0.3 is 0 Å². The van der Waals surface area contributed by atoms with Crippen LogP contribution in [0.4, 0.5) is 0 Å². The van der Waals surface area contributed by atoms with Crippen LogP contribution in [0.3, 0.4) is 0 Å². The van der Waals surface area contributed by atoms with E-state index in [0.29, 0.717) is 5.38 Å². The second-order valence-electron chi connectivity index (χ2n) is 4.84. The SMILES string of the molecule is CCCCCCCCCNC1CC(Cl)C1. The van der Waals surface area contributed by atoms with Gasteiger partial charge in [0.15, 0.2) is 0 Å². The first kappa shape index (κ1) is 13.3. The van der Waals surface area contributed by atoms with Crippen LogP contribution in [0.5, 0.6) is 0 Å². The molecule has 0 aromatic rings. The van der Waals surface area contributed by atoms with Crippen molar-refractivity contribution in [2.45, 2.75) is 76.1 Å². The van der Waals surface area contributed by atoms with E-state index in [9.17, 15) is 0 Å². The molecule has 1 saturated carbocycles. The predicted molar refractivity (Wildman–Crippen MR) is 68.7 cm³/mol. The Kier molecular flexibility index (Phi) is 7.46. The Balaban J connectivity index is 1.70. The normalized spacial score (nSPS) is 25.2. The number of rotatable bonds is 9. The third-order valence-corrected chi connectivity index (χ3v) is 3.65. The highest BCUT2D eigenvalue weighted by molar-refractivity contribution is 6.21. The van der Waals surface area contributed by atoms with Crippen LogP contribution in [0.25, 0.3) is 0 Å². The van der Waals surface area contributed by atoms with Gasteiger partial charge in [0.2, 0.25) is 0 Å². The van der Waals surface area contributed by atoms with E-state index in [0.717, 1.165) is 6.04 Å². The van der Waals surface area contributed by atoms with E-state index in [2.05, 4.69) is 12.2 Å². The van der Waals surface area contributed by atoms with E-state index in [-0.39, 0.29) is 0 Å². The van der Waals surface area contributed by atoms with Gasteiger partial charge in [0, 0.05) is 11.4 Å². The molecular formula is C13H26ClN. The van der Waals surface area contributed by atoms with Gasteiger partial charge in [0.1, 0.15) is 0 Å². The standard InChI is InChI=1S/C13H26ClN/c1-2-3-4-5-6-7-8-9-15-13-10-12(14)11-13/h12-13,15H,2-11H2,1H3. The number of hydrogen-bond acceptors (Lipinski definition) is 1. The first-order chi connectivity index (χ1) is 7.33. The summed E-state index contributed by atoms with van der Waals surface area (Å²) in [6.45, 7) is 3.47. The number of nitrogens with one attached hydrogen (secondary N) is 1. The molecule has 1 rings (SSSR count). The minimum absolute atomic E-state index is 0.455. The molecule has 90 valence electrons. The highest BCUT2D eigenvalue weighted by Gasteiger charge is 2.25. The molecule has 0 radical (unpaired) electrons. The highest BCUT2D eigenvalue weighted by Crippen LogP contribution is 2.25. The monoisotopic (exact) mass is 231 g/mol. The van der Waals surface area contributed by atoms with Crippen LogP contribution in [0.1, 0.15) is 64.7 Å². The molecule has 1 fully saturated rings. The summed E-state index contributed by atoms with van der Waals surface area (Å²) in [5.41, 5.74) is 0. The van der Waals surface area contributed by atoms with Crippen LogP contribution in [-0.4, -0.2) is 18.0 Å². The molecule has 0 aliphatic heterocycles. The fraction of sp³-hybridized carbons (Fsp3) is 1.00. The first-order valence-electron chi connectivity index (χ1n) is 6.70. The van der Waals surface area contributed by atoms with Crippen molar-refractivity contribution in [1.82, 2.24) is 5.32 Å². The van der Waals surface area contributed by atoms with Crippen molar-refractivity contribution in [1.29, 1.82) is 0 Å². The Hall–Kier alpha value is 0.250. The van der Waals surface area contributed by atoms with Crippen molar-refractivity contribution >= 4 is 11.6 Å². The minimum atomic E-state index is 0.455. The van der Waals surface area contributed by atoms with Gasteiger partial charge in [-0.3, -0.25) is 0 Å². The second kappa shape index (κ2) is 8.41. The van der Waals surface area contributed by atoms with Crippen LogP contribution >= 0.6 is 11.6 Å². The molecule has 1 aliphatic carbocycles. The number of unbranched alkanes of at least 4 members (excludes halogenated alkanes) is 6. The maximum absolute atomic E-state index is 5.91. The van der Waals surface area contributed by atoms with Gasteiger partial charge in [-0.2, -0.15) is 0 Å². The Labute approximate surface area is 100.0 Å². The van der Waals surface area contributed by atoms with Crippen LogP contribution < -0.4 is 5.32 Å². The van der Waals surface area contributed by atoms with Crippen molar-refractivity contribution in [3.8, 4) is 0 Å². The zero-order chi connectivity index (χ0) is 10.9. The maximum atomic E-state index is 5.91. The predicted octanol–water partition coefficient (Wildman–Crippen LogP) is 4.10. The van der Waals surface area contributed by atoms with Crippen LogP contribution in [0.15, 0.2) is 0 Å². The third-order valence-electron chi connectivity index (χ3n) is 3.29. The van der Waals surface area contributed by atoms with Gasteiger partial charge in [0.25, 0.3) is 0 Å². The summed E-state index contributed by atoms with van der Waals surface area (Å²) in [7, 11) is 0. The second-order valence-corrected chi connectivity index (χ2v) is 5.46. The lowest BCUT2D eigenvalue weighted by Crippen LogP contribution is -2.42. The van der Waals surface area contributed by atoms with E-state index in [1.165, 1.54) is 64.3 Å². The van der Waals surface area contributed by atoms with Gasteiger partial charge in [0.05, 0.1) is 0 Å². The van der Waals surface area contributed by atoms with Crippen LogP contribution in [0, 0.1) is 0 Å². The van der Waals surface area contributed by atoms with Crippen molar-refractivity contribution in [2.24, 2.45) is 0 Å². The molecular weight excluding hydrogens is 206 g/mol. The summed E-state index contributed by atoms with van der Waals surface area (Å²) >= 11 is 5.91. The molecule has 0 aromatic heterocycles. The summed E-state index contributed by atoms with van der Waals surface area (Å²) in [6, 6.07) is 0.729. The summed E-state index contributed by atoms with van der Waals surface area (Å²) in [5, 5.41) is 4.02. The highest BCUT2D eigenvalue weighted by atomic mass is 35.5.